The van der Waals surface area contributed by atoms with Gasteiger partial charge in [-0.1, -0.05) is 28.4 Å². The smallest absolute Gasteiger partial charge is 0.177 e. The molecule has 0 spiro atoms. The molecular formula is C6H3Cl2N3O. The number of fused-ring (bicyclic) bond motifs is 1. The second-order valence-corrected chi connectivity index (χ2v) is 2.92. The number of halogens is 2. The second kappa shape index (κ2) is 2.50. The van der Waals surface area contributed by atoms with Gasteiger partial charge in [0.2, 0.25) is 0 Å². The molecule has 0 fully saturated rings. The van der Waals surface area contributed by atoms with Crippen molar-refractivity contribution < 1.29 is 4.52 Å². The molecule has 0 bridgehead atoms. The molecule has 0 saturated heterocycles. The van der Waals surface area contributed by atoms with Gasteiger partial charge >= 0.3 is 0 Å². The number of anilines is 1. The third-order valence-electron chi connectivity index (χ3n) is 1.41. The van der Waals surface area contributed by atoms with Crippen LogP contribution in [0.15, 0.2) is 10.6 Å². The van der Waals surface area contributed by atoms with Crippen molar-refractivity contribution in [2.24, 2.45) is 0 Å². The predicted octanol–water partition coefficient (Wildman–Crippen LogP) is 2.11. The van der Waals surface area contributed by atoms with Crippen molar-refractivity contribution in [2.75, 3.05) is 5.73 Å². The van der Waals surface area contributed by atoms with Gasteiger partial charge in [0.1, 0.15) is 15.7 Å². The Morgan fingerprint density at radius 1 is 1.42 bits per heavy atom. The van der Waals surface area contributed by atoms with E-state index in [2.05, 4.69) is 10.1 Å². The van der Waals surface area contributed by atoms with Gasteiger partial charge in [0, 0.05) is 6.07 Å². The van der Waals surface area contributed by atoms with Crippen LogP contribution in [-0.4, -0.2) is 10.1 Å². The highest BCUT2D eigenvalue weighted by molar-refractivity contribution is 6.37. The van der Waals surface area contributed by atoms with Gasteiger partial charge in [-0.2, -0.15) is 0 Å². The zero-order valence-electron chi connectivity index (χ0n) is 5.71. The minimum atomic E-state index is 0.205. The first-order chi connectivity index (χ1) is 5.68. The summed E-state index contributed by atoms with van der Waals surface area (Å²) in [6, 6.07) is 1.51. The number of nitrogen functional groups attached to an aromatic ring is 1. The first kappa shape index (κ1) is 7.64. The fourth-order valence-corrected chi connectivity index (χ4v) is 1.42. The number of nitrogens with zero attached hydrogens (tertiary/aromatic N) is 2. The average Bonchev–Trinajstić information content (AvgIpc) is 2.31. The average molecular weight is 204 g/mol. The summed E-state index contributed by atoms with van der Waals surface area (Å²) < 4.78 is 4.83. The van der Waals surface area contributed by atoms with Crippen LogP contribution in [0.2, 0.25) is 10.3 Å². The summed E-state index contributed by atoms with van der Waals surface area (Å²) in [6.45, 7) is 0. The highest BCUT2D eigenvalue weighted by atomic mass is 35.5. The van der Waals surface area contributed by atoms with Crippen LogP contribution in [0, 0.1) is 0 Å². The molecule has 0 aliphatic rings. The van der Waals surface area contributed by atoms with Gasteiger partial charge in [0.25, 0.3) is 0 Å². The molecule has 62 valence electrons. The third-order valence-corrected chi connectivity index (χ3v) is 1.87. The molecule has 2 heterocycles. The number of aromatic nitrogens is 2. The summed E-state index contributed by atoms with van der Waals surface area (Å²) in [5, 5.41) is 4.48. The molecule has 4 nitrogen and oxygen atoms in total. The van der Waals surface area contributed by atoms with Crippen LogP contribution in [0.25, 0.3) is 11.0 Å². The van der Waals surface area contributed by atoms with E-state index in [0.717, 1.165) is 0 Å². The molecule has 0 saturated carbocycles. The number of rotatable bonds is 0. The third kappa shape index (κ3) is 1.00. The lowest BCUT2D eigenvalue weighted by Crippen LogP contribution is -1.85. The van der Waals surface area contributed by atoms with E-state index in [4.69, 9.17) is 33.5 Å². The second-order valence-electron chi connectivity index (χ2n) is 2.18. The summed E-state index contributed by atoms with van der Waals surface area (Å²) in [4.78, 5) is 3.79. The largest absolute Gasteiger partial charge is 0.380 e. The molecule has 0 aromatic carbocycles. The minimum absolute atomic E-state index is 0.205. The standard InChI is InChI=1S/C6H3Cl2N3O/c7-3-1-2-4(5(8)10-3)6(9)11-12-2/h1H,(H2,9,11). The molecule has 2 N–H and O–H groups in total. The van der Waals surface area contributed by atoms with Gasteiger partial charge in [-0.05, 0) is 0 Å². The van der Waals surface area contributed by atoms with Gasteiger partial charge in [-0.15, -0.1) is 0 Å². The van der Waals surface area contributed by atoms with Crippen LogP contribution in [-0.2, 0) is 0 Å². The van der Waals surface area contributed by atoms with E-state index in [1.807, 2.05) is 0 Å². The van der Waals surface area contributed by atoms with E-state index in [9.17, 15) is 0 Å². The summed E-state index contributed by atoms with van der Waals surface area (Å²) in [5.74, 6) is 0.221. The van der Waals surface area contributed by atoms with Crippen LogP contribution in [0.3, 0.4) is 0 Å². The lowest BCUT2D eigenvalue weighted by molar-refractivity contribution is 0.460. The number of nitrogens with two attached hydrogens (primary N) is 1. The van der Waals surface area contributed by atoms with E-state index in [1.54, 1.807) is 0 Å². The van der Waals surface area contributed by atoms with Crippen LogP contribution in [0.5, 0.6) is 0 Å². The molecule has 0 unspecified atom stereocenters. The van der Waals surface area contributed by atoms with Gasteiger partial charge in [-0.3, -0.25) is 0 Å². The Kier molecular flexibility index (Phi) is 1.59. The Bertz CT molecular complexity index is 440. The number of pyridine rings is 1. The molecule has 2 aromatic heterocycles. The van der Waals surface area contributed by atoms with Gasteiger partial charge in [-0.25, -0.2) is 4.98 Å². The first-order valence-electron chi connectivity index (χ1n) is 3.05. The Morgan fingerprint density at radius 2 is 2.17 bits per heavy atom. The monoisotopic (exact) mass is 203 g/mol. The van der Waals surface area contributed by atoms with E-state index >= 15 is 0 Å². The summed E-state index contributed by atoms with van der Waals surface area (Å²) in [6.07, 6.45) is 0. The lowest BCUT2D eigenvalue weighted by Gasteiger charge is -1.92. The normalized spacial score (nSPS) is 10.8. The molecule has 0 aliphatic heterocycles. The van der Waals surface area contributed by atoms with Gasteiger partial charge in [0.15, 0.2) is 11.4 Å². The van der Waals surface area contributed by atoms with Gasteiger partial charge in [0.05, 0.1) is 0 Å². The zero-order chi connectivity index (χ0) is 8.72. The molecule has 2 rings (SSSR count). The predicted molar refractivity (Wildman–Crippen MR) is 46.2 cm³/mol. The maximum absolute atomic E-state index is 5.73. The fourth-order valence-electron chi connectivity index (χ4n) is 0.912. The summed E-state index contributed by atoms with van der Waals surface area (Å²) in [7, 11) is 0. The molecule has 0 aliphatic carbocycles. The Labute approximate surface area is 77.2 Å². The molecule has 0 radical (unpaired) electrons. The first-order valence-corrected chi connectivity index (χ1v) is 3.81. The zero-order valence-corrected chi connectivity index (χ0v) is 7.23. The molecule has 6 heteroatoms. The lowest BCUT2D eigenvalue weighted by atomic mass is 10.3. The molecule has 0 atom stereocenters. The van der Waals surface area contributed by atoms with E-state index < -0.39 is 0 Å². The SMILES string of the molecule is Nc1noc2cc(Cl)nc(Cl)c12. The van der Waals surface area contributed by atoms with Crippen LogP contribution >= 0.6 is 23.2 Å². The van der Waals surface area contributed by atoms with Crippen LogP contribution < -0.4 is 5.73 Å². The number of hydrogen-bond acceptors (Lipinski definition) is 4. The van der Waals surface area contributed by atoms with E-state index in [1.165, 1.54) is 6.07 Å². The Balaban J connectivity index is 2.93. The van der Waals surface area contributed by atoms with Crippen molar-refractivity contribution in [2.45, 2.75) is 0 Å². The van der Waals surface area contributed by atoms with Gasteiger partial charge < -0.3 is 10.3 Å². The maximum Gasteiger partial charge on any atom is 0.177 e. The van der Waals surface area contributed by atoms with Crippen molar-refractivity contribution in [1.29, 1.82) is 0 Å². The van der Waals surface area contributed by atoms with Crippen molar-refractivity contribution in [3.8, 4) is 0 Å². The maximum atomic E-state index is 5.73. The Hall–Kier alpha value is -1.00. The van der Waals surface area contributed by atoms with Crippen molar-refractivity contribution in [3.05, 3.63) is 16.4 Å². The van der Waals surface area contributed by atoms with Crippen molar-refractivity contribution >= 4 is 40.0 Å². The molecule has 12 heavy (non-hydrogen) atoms. The molecule has 2 aromatic rings. The van der Waals surface area contributed by atoms with Crippen molar-refractivity contribution in [3.63, 3.8) is 0 Å². The minimum Gasteiger partial charge on any atom is -0.380 e. The summed E-state index contributed by atoms with van der Waals surface area (Å²) in [5.41, 5.74) is 5.90. The molecular weight excluding hydrogens is 201 g/mol. The highest BCUT2D eigenvalue weighted by Gasteiger charge is 2.11. The highest BCUT2D eigenvalue weighted by Crippen LogP contribution is 2.28. The van der Waals surface area contributed by atoms with Crippen LogP contribution in [0.4, 0.5) is 5.82 Å². The quantitative estimate of drug-likeness (QED) is 0.667. The topological polar surface area (TPSA) is 64.9 Å². The van der Waals surface area contributed by atoms with E-state index in [0.29, 0.717) is 11.0 Å². The summed E-state index contributed by atoms with van der Waals surface area (Å²) >= 11 is 11.3. The number of hydrogen-bond donors (Lipinski definition) is 1. The fraction of sp³-hybridized carbons (Fsp3) is 0. The van der Waals surface area contributed by atoms with Crippen LogP contribution in [0.1, 0.15) is 0 Å². The molecule has 0 amide bonds. The van der Waals surface area contributed by atoms with E-state index in [-0.39, 0.29) is 16.1 Å². The van der Waals surface area contributed by atoms with Crippen molar-refractivity contribution in [1.82, 2.24) is 10.1 Å². The Morgan fingerprint density at radius 3 is 2.92 bits per heavy atom.